The fourth-order valence-corrected chi connectivity index (χ4v) is 4.36. The first-order valence-corrected chi connectivity index (χ1v) is 11.7. The molecule has 1 saturated carbocycles. The number of methoxy groups -OCH3 is 1. The van der Waals surface area contributed by atoms with E-state index in [4.69, 9.17) is 4.74 Å². The quantitative estimate of drug-likeness (QED) is 0.541. The van der Waals surface area contributed by atoms with Crippen LogP contribution in [0.5, 0.6) is 5.75 Å². The van der Waals surface area contributed by atoms with Crippen molar-refractivity contribution in [2.45, 2.75) is 65.5 Å². The van der Waals surface area contributed by atoms with Crippen molar-refractivity contribution in [3.63, 3.8) is 0 Å². The molecular formula is C25H34F3N3O2. The highest BCUT2D eigenvalue weighted by Gasteiger charge is 2.35. The molecule has 33 heavy (non-hydrogen) atoms. The number of amides is 1. The highest BCUT2D eigenvalue weighted by atomic mass is 19.4. The Balaban J connectivity index is 1.76. The van der Waals surface area contributed by atoms with Crippen LogP contribution in [-0.2, 0) is 12.8 Å². The number of imidazole rings is 1. The number of carbonyl (C=O) groups excluding carboxylic acids is 1. The number of nitrogens with one attached hydrogen (secondary N) is 1. The number of rotatable bonds is 8. The molecule has 1 aliphatic carbocycles. The number of hydrogen-bond acceptors (Lipinski definition) is 3. The van der Waals surface area contributed by atoms with Crippen LogP contribution in [0.15, 0.2) is 24.4 Å². The van der Waals surface area contributed by atoms with Crippen molar-refractivity contribution in [1.29, 1.82) is 0 Å². The fraction of sp³-hybridized carbons (Fsp3) is 0.600. The van der Waals surface area contributed by atoms with Crippen molar-refractivity contribution >= 4 is 5.91 Å². The zero-order valence-corrected chi connectivity index (χ0v) is 19.8. The van der Waals surface area contributed by atoms with Gasteiger partial charge in [0, 0.05) is 19.2 Å². The molecule has 1 aromatic heterocycles. The second kappa shape index (κ2) is 10.6. The van der Waals surface area contributed by atoms with Gasteiger partial charge in [-0.15, -0.1) is 0 Å². The van der Waals surface area contributed by atoms with Crippen LogP contribution in [0.25, 0.3) is 5.69 Å². The smallest absolute Gasteiger partial charge is 0.391 e. The average molecular weight is 466 g/mol. The topological polar surface area (TPSA) is 56.2 Å². The minimum absolute atomic E-state index is 0.127. The third kappa shape index (κ3) is 6.30. The van der Waals surface area contributed by atoms with Gasteiger partial charge >= 0.3 is 6.18 Å². The first-order valence-electron chi connectivity index (χ1n) is 11.7. The van der Waals surface area contributed by atoms with Gasteiger partial charge in [0.05, 0.1) is 18.7 Å². The molecule has 1 aliphatic rings. The molecule has 2 aromatic rings. The zero-order valence-electron chi connectivity index (χ0n) is 19.8. The Hall–Kier alpha value is -2.51. The van der Waals surface area contributed by atoms with Gasteiger partial charge in [-0.2, -0.15) is 13.2 Å². The number of halogens is 3. The summed E-state index contributed by atoms with van der Waals surface area (Å²) in [6.45, 7) is 6.03. The van der Waals surface area contributed by atoms with Crippen LogP contribution >= 0.6 is 0 Å². The molecule has 1 atom stereocenters. The number of aromatic nitrogens is 2. The van der Waals surface area contributed by atoms with E-state index in [1.54, 1.807) is 29.0 Å². The molecule has 0 saturated heterocycles. The molecule has 8 heteroatoms. The summed E-state index contributed by atoms with van der Waals surface area (Å²) in [4.78, 5) is 17.3. The molecule has 1 heterocycles. The Labute approximate surface area is 193 Å². The van der Waals surface area contributed by atoms with Gasteiger partial charge in [0.2, 0.25) is 0 Å². The number of benzene rings is 1. The van der Waals surface area contributed by atoms with Gasteiger partial charge in [-0.3, -0.25) is 9.36 Å². The summed E-state index contributed by atoms with van der Waals surface area (Å²) < 4.78 is 46.1. The predicted molar refractivity (Wildman–Crippen MR) is 122 cm³/mol. The molecule has 5 nitrogen and oxygen atoms in total. The van der Waals surface area contributed by atoms with Crippen LogP contribution in [0.2, 0.25) is 0 Å². The van der Waals surface area contributed by atoms with Gasteiger partial charge in [-0.25, -0.2) is 4.98 Å². The van der Waals surface area contributed by atoms with Gasteiger partial charge < -0.3 is 10.1 Å². The average Bonchev–Trinajstić information content (AvgIpc) is 3.22. The van der Waals surface area contributed by atoms with Gasteiger partial charge in [0.15, 0.2) is 0 Å². The zero-order chi connectivity index (χ0) is 24.2. The van der Waals surface area contributed by atoms with Crippen molar-refractivity contribution in [2.24, 2.45) is 17.8 Å². The van der Waals surface area contributed by atoms with E-state index in [-0.39, 0.29) is 12.3 Å². The molecule has 1 fully saturated rings. The van der Waals surface area contributed by atoms with E-state index in [2.05, 4.69) is 17.2 Å². The molecular weight excluding hydrogens is 431 g/mol. The van der Waals surface area contributed by atoms with E-state index < -0.39 is 12.1 Å². The second-order valence-corrected chi connectivity index (χ2v) is 9.25. The summed E-state index contributed by atoms with van der Waals surface area (Å²) in [7, 11) is 1.48. The summed E-state index contributed by atoms with van der Waals surface area (Å²) in [6.07, 6.45) is 2.55. The summed E-state index contributed by atoms with van der Waals surface area (Å²) in [5.41, 5.74) is 1.51. The molecule has 0 bridgehead atoms. The standard InChI is InChI=1S/C25H34F3N3O2/c1-5-23-30-20(24(32)29-14-18-8-6-16(2)7-9-18)15-31(23)21-11-10-19(13-22(21)33-4)12-17(3)25(26,27)28/h10-11,13,15-18H,5-9,12,14H2,1-4H3,(H,29,32)/t16?,17-,18?/m0/s1. The van der Waals surface area contributed by atoms with E-state index in [0.29, 0.717) is 47.4 Å². The lowest BCUT2D eigenvalue weighted by Gasteiger charge is -2.26. The molecule has 182 valence electrons. The normalized spacial score (nSPS) is 19.8. The number of ether oxygens (including phenoxy) is 1. The molecule has 1 amide bonds. The van der Waals surface area contributed by atoms with E-state index in [0.717, 1.165) is 18.8 Å². The lowest BCUT2D eigenvalue weighted by Crippen LogP contribution is -2.31. The maximum Gasteiger partial charge on any atom is 0.391 e. The Morgan fingerprint density at radius 2 is 1.97 bits per heavy atom. The van der Waals surface area contributed by atoms with Crippen molar-refractivity contribution in [1.82, 2.24) is 14.9 Å². The highest BCUT2D eigenvalue weighted by Crippen LogP contribution is 2.32. The minimum atomic E-state index is -4.25. The molecule has 0 unspecified atom stereocenters. The third-order valence-electron chi connectivity index (χ3n) is 6.62. The Morgan fingerprint density at radius 3 is 2.58 bits per heavy atom. The predicted octanol–water partition coefficient (Wildman–Crippen LogP) is 5.74. The largest absolute Gasteiger partial charge is 0.495 e. The Bertz CT molecular complexity index is 947. The van der Waals surface area contributed by atoms with E-state index in [9.17, 15) is 18.0 Å². The van der Waals surface area contributed by atoms with E-state index in [1.165, 1.54) is 26.9 Å². The molecule has 1 aromatic carbocycles. The van der Waals surface area contributed by atoms with Crippen LogP contribution in [0, 0.1) is 17.8 Å². The van der Waals surface area contributed by atoms with Crippen LogP contribution in [0.1, 0.15) is 68.3 Å². The monoisotopic (exact) mass is 465 g/mol. The second-order valence-electron chi connectivity index (χ2n) is 9.25. The molecule has 3 rings (SSSR count). The summed E-state index contributed by atoms with van der Waals surface area (Å²) in [6, 6.07) is 5.02. The highest BCUT2D eigenvalue weighted by molar-refractivity contribution is 5.92. The summed E-state index contributed by atoms with van der Waals surface area (Å²) in [5.74, 6) is 0.730. The maximum absolute atomic E-state index is 13.0. The van der Waals surface area contributed by atoms with Crippen molar-refractivity contribution in [2.75, 3.05) is 13.7 Å². The van der Waals surface area contributed by atoms with Crippen LogP contribution in [0.4, 0.5) is 13.2 Å². The first kappa shape index (κ1) is 25.1. The molecule has 1 N–H and O–H groups in total. The minimum Gasteiger partial charge on any atom is -0.495 e. The Morgan fingerprint density at radius 1 is 1.27 bits per heavy atom. The van der Waals surface area contributed by atoms with Gasteiger partial charge in [-0.05, 0) is 48.8 Å². The number of hydrogen-bond donors (Lipinski definition) is 1. The SMILES string of the molecule is CCc1nc(C(=O)NCC2CCC(C)CC2)cn1-c1ccc(C[C@H](C)C(F)(F)F)cc1OC. The van der Waals surface area contributed by atoms with Crippen molar-refractivity contribution < 1.29 is 22.7 Å². The number of alkyl halides is 3. The first-order chi connectivity index (χ1) is 15.6. The van der Waals surface area contributed by atoms with Gasteiger partial charge in [0.25, 0.3) is 5.91 Å². The molecule has 0 spiro atoms. The lowest BCUT2D eigenvalue weighted by molar-refractivity contribution is -0.169. The maximum atomic E-state index is 13.0. The fourth-order valence-electron chi connectivity index (χ4n) is 4.36. The van der Waals surface area contributed by atoms with Crippen LogP contribution in [-0.4, -0.2) is 35.3 Å². The number of aryl methyl sites for hydroxylation is 1. The van der Waals surface area contributed by atoms with Gasteiger partial charge in [0.1, 0.15) is 17.3 Å². The molecule has 0 aliphatic heterocycles. The summed E-state index contributed by atoms with van der Waals surface area (Å²) in [5, 5.41) is 3.02. The summed E-state index contributed by atoms with van der Waals surface area (Å²) >= 11 is 0. The number of nitrogens with zero attached hydrogens (tertiary/aromatic N) is 2. The van der Waals surface area contributed by atoms with Crippen LogP contribution in [0.3, 0.4) is 0 Å². The van der Waals surface area contributed by atoms with Gasteiger partial charge in [-0.1, -0.05) is 39.7 Å². The van der Waals surface area contributed by atoms with E-state index in [1.807, 2.05) is 6.92 Å². The van der Waals surface area contributed by atoms with Crippen LogP contribution < -0.4 is 10.1 Å². The van der Waals surface area contributed by atoms with Crippen molar-refractivity contribution in [3.05, 3.63) is 41.5 Å². The molecule has 0 radical (unpaired) electrons. The van der Waals surface area contributed by atoms with E-state index >= 15 is 0 Å². The number of carbonyl (C=O) groups is 1. The van der Waals surface area contributed by atoms with Crippen molar-refractivity contribution in [3.8, 4) is 11.4 Å². The lowest BCUT2D eigenvalue weighted by atomic mass is 9.83. The Kier molecular flexibility index (Phi) is 8.08. The third-order valence-corrected chi connectivity index (χ3v) is 6.62.